The molecular formula is C14H23IN4O. The highest BCUT2D eigenvalue weighted by atomic mass is 127. The number of nitrogens with one attached hydrogen (secondary N) is 2. The van der Waals surface area contributed by atoms with Gasteiger partial charge in [-0.05, 0) is 24.1 Å². The van der Waals surface area contributed by atoms with E-state index in [1.807, 2.05) is 12.1 Å². The highest BCUT2D eigenvalue weighted by Gasteiger charge is 2.01. The van der Waals surface area contributed by atoms with Gasteiger partial charge in [-0.1, -0.05) is 25.5 Å². The number of nitrogens with two attached hydrogens (primary N) is 1. The number of aliphatic imine (C=N–C) groups is 1. The second-order valence-corrected chi connectivity index (χ2v) is 4.27. The lowest BCUT2D eigenvalue weighted by Crippen LogP contribution is -2.37. The highest BCUT2D eigenvalue weighted by molar-refractivity contribution is 14.0. The van der Waals surface area contributed by atoms with Gasteiger partial charge in [0.05, 0.1) is 0 Å². The monoisotopic (exact) mass is 390 g/mol. The zero-order valence-corrected chi connectivity index (χ0v) is 14.3. The van der Waals surface area contributed by atoms with Crippen molar-refractivity contribution in [3.05, 3.63) is 35.4 Å². The Balaban J connectivity index is 0.00000361. The standard InChI is InChI=1S/C14H22N4O.HI/c1-3-4-9-17-14(16-2)18-10-11-5-7-12(8-6-11)13(15)19;/h5-8H,3-4,9-10H2,1-2H3,(H2,15,19)(H2,16,17,18);1H. The lowest BCUT2D eigenvalue weighted by molar-refractivity contribution is 0.100. The minimum atomic E-state index is -0.406. The topological polar surface area (TPSA) is 79.5 Å². The van der Waals surface area contributed by atoms with E-state index in [1.165, 1.54) is 0 Å². The lowest BCUT2D eigenvalue weighted by atomic mass is 10.1. The molecule has 0 unspecified atom stereocenters. The smallest absolute Gasteiger partial charge is 0.248 e. The molecule has 0 bridgehead atoms. The fourth-order valence-corrected chi connectivity index (χ4v) is 1.58. The van der Waals surface area contributed by atoms with Crippen LogP contribution in [0.15, 0.2) is 29.3 Å². The third-order valence-corrected chi connectivity index (χ3v) is 2.74. The van der Waals surface area contributed by atoms with E-state index in [9.17, 15) is 4.79 Å². The van der Waals surface area contributed by atoms with Crippen molar-refractivity contribution in [1.82, 2.24) is 10.6 Å². The average Bonchev–Trinajstić information content (AvgIpc) is 2.43. The van der Waals surface area contributed by atoms with E-state index in [1.54, 1.807) is 19.2 Å². The Morgan fingerprint density at radius 2 is 1.90 bits per heavy atom. The van der Waals surface area contributed by atoms with Crippen LogP contribution in [0.3, 0.4) is 0 Å². The number of rotatable bonds is 6. The summed E-state index contributed by atoms with van der Waals surface area (Å²) in [5.74, 6) is 0.379. The molecule has 1 aromatic carbocycles. The van der Waals surface area contributed by atoms with Gasteiger partial charge in [-0.2, -0.15) is 0 Å². The molecule has 112 valence electrons. The van der Waals surface area contributed by atoms with Crippen LogP contribution in [-0.4, -0.2) is 25.5 Å². The molecule has 0 aliphatic carbocycles. The van der Waals surface area contributed by atoms with Gasteiger partial charge in [0.1, 0.15) is 0 Å². The third kappa shape index (κ3) is 6.74. The summed E-state index contributed by atoms with van der Waals surface area (Å²) in [5, 5.41) is 6.45. The van der Waals surface area contributed by atoms with Crippen molar-refractivity contribution in [2.24, 2.45) is 10.7 Å². The van der Waals surface area contributed by atoms with Gasteiger partial charge in [0, 0.05) is 25.7 Å². The normalized spacial score (nSPS) is 10.6. The van der Waals surface area contributed by atoms with Crippen molar-refractivity contribution < 1.29 is 4.79 Å². The summed E-state index contributed by atoms with van der Waals surface area (Å²) in [6, 6.07) is 7.22. The minimum Gasteiger partial charge on any atom is -0.366 e. The van der Waals surface area contributed by atoms with Gasteiger partial charge in [-0.25, -0.2) is 0 Å². The van der Waals surface area contributed by atoms with Crippen LogP contribution in [0.25, 0.3) is 0 Å². The fraction of sp³-hybridized carbons (Fsp3) is 0.429. The summed E-state index contributed by atoms with van der Waals surface area (Å²) in [5.41, 5.74) is 6.79. The zero-order chi connectivity index (χ0) is 14.1. The zero-order valence-electron chi connectivity index (χ0n) is 12.0. The Morgan fingerprint density at radius 1 is 1.25 bits per heavy atom. The Hall–Kier alpha value is -1.31. The summed E-state index contributed by atoms with van der Waals surface area (Å²) in [6.45, 7) is 3.72. The maximum atomic E-state index is 10.9. The van der Waals surface area contributed by atoms with E-state index in [0.717, 1.165) is 30.9 Å². The van der Waals surface area contributed by atoms with Crippen LogP contribution < -0.4 is 16.4 Å². The van der Waals surface area contributed by atoms with Crippen LogP contribution >= 0.6 is 24.0 Å². The fourth-order valence-electron chi connectivity index (χ4n) is 1.58. The number of unbranched alkanes of at least 4 members (excludes halogenated alkanes) is 1. The predicted octanol–water partition coefficient (Wildman–Crippen LogP) is 1.87. The average molecular weight is 390 g/mol. The Bertz CT molecular complexity index is 431. The molecule has 0 aromatic heterocycles. The molecule has 1 aromatic rings. The molecule has 6 heteroatoms. The summed E-state index contributed by atoms with van der Waals surface area (Å²) in [6.07, 6.45) is 2.27. The number of halogens is 1. The molecular weight excluding hydrogens is 367 g/mol. The lowest BCUT2D eigenvalue weighted by Gasteiger charge is -2.11. The maximum Gasteiger partial charge on any atom is 0.248 e. The number of benzene rings is 1. The molecule has 0 saturated carbocycles. The van der Waals surface area contributed by atoms with Crippen LogP contribution in [-0.2, 0) is 6.54 Å². The van der Waals surface area contributed by atoms with Crippen LogP contribution in [0.4, 0.5) is 0 Å². The number of hydrogen-bond acceptors (Lipinski definition) is 2. The van der Waals surface area contributed by atoms with Crippen molar-refractivity contribution in [3.63, 3.8) is 0 Å². The number of amides is 1. The van der Waals surface area contributed by atoms with Gasteiger partial charge < -0.3 is 16.4 Å². The highest BCUT2D eigenvalue weighted by Crippen LogP contribution is 2.03. The minimum absolute atomic E-state index is 0. The van der Waals surface area contributed by atoms with E-state index >= 15 is 0 Å². The first kappa shape index (κ1) is 18.7. The first-order valence-electron chi connectivity index (χ1n) is 6.50. The first-order chi connectivity index (χ1) is 9.17. The van der Waals surface area contributed by atoms with Gasteiger partial charge in [0.15, 0.2) is 5.96 Å². The van der Waals surface area contributed by atoms with Crippen molar-refractivity contribution >= 4 is 35.8 Å². The summed E-state index contributed by atoms with van der Waals surface area (Å²) in [7, 11) is 1.75. The molecule has 20 heavy (non-hydrogen) atoms. The quantitative estimate of drug-likeness (QED) is 0.300. The number of hydrogen-bond donors (Lipinski definition) is 3. The van der Waals surface area contributed by atoms with Crippen LogP contribution in [0.1, 0.15) is 35.7 Å². The maximum absolute atomic E-state index is 10.9. The second-order valence-electron chi connectivity index (χ2n) is 4.27. The van der Waals surface area contributed by atoms with E-state index in [-0.39, 0.29) is 24.0 Å². The van der Waals surface area contributed by atoms with Gasteiger partial charge in [-0.15, -0.1) is 24.0 Å². The van der Waals surface area contributed by atoms with Crippen molar-refractivity contribution in [2.45, 2.75) is 26.3 Å². The molecule has 0 radical (unpaired) electrons. The molecule has 0 spiro atoms. The molecule has 0 atom stereocenters. The van der Waals surface area contributed by atoms with Crippen LogP contribution in [0, 0.1) is 0 Å². The summed E-state index contributed by atoms with van der Waals surface area (Å²) >= 11 is 0. The molecule has 1 amide bonds. The molecule has 0 saturated heterocycles. The van der Waals surface area contributed by atoms with Crippen molar-refractivity contribution in [3.8, 4) is 0 Å². The first-order valence-corrected chi connectivity index (χ1v) is 6.50. The van der Waals surface area contributed by atoms with Crippen LogP contribution in [0.5, 0.6) is 0 Å². The molecule has 5 nitrogen and oxygen atoms in total. The molecule has 0 aliphatic rings. The van der Waals surface area contributed by atoms with E-state index < -0.39 is 5.91 Å². The number of primary amides is 1. The number of carbonyl (C=O) groups excluding carboxylic acids is 1. The number of carbonyl (C=O) groups is 1. The van der Waals surface area contributed by atoms with E-state index in [0.29, 0.717) is 12.1 Å². The van der Waals surface area contributed by atoms with Gasteiger partial charge in [0.25, 0.3) is 0 Å². The van der Waals surface area contributed by atoms with E-state index in [2.05, 4.69) is 22.5 Å². The van der Waals surface area contributed by atoms with Gasteiger partial charge in [0.2, 0.25) is 5.91 Å². The van der Waals surface area contributed by atoms with Crippen molar-refractivity contribution in [2.75, 3.05) is 13.6 Å². The summed E-state index contributed by atoms with van der Waals surface area (Å²) in [4.78, 5) is 15.1. The molecule has 0 heterocycles. The van der Waals surface area contributed by atoms with E-state index in [4.69, 9.17) is 5.73 Å². The second kappa shape index (κ2) is 10.5. The van der Waals surface area contributed by atoms with Gasteiger partial charge >= 0.3 is 0 Å². The Labute approximate surface area is 137 Å². The Kier molecular flexibility index (Phi) is 9.79. The SMILES string of the molecule is CCCCNC(=NC)NCc1ccc(C(N)=O)cc1.I. The van der Waals surface area contributed by atoms with Crippen molar-refractivity contribution in [1.29, 1.82) is 0 Å². The number of nitrogens with zero attached hydrogens (tertiary/aromatic N) is 1. The largest absolute Gasteiger partial charge is 0.366 e. The molecule has 1 rings (SSSR count). The van der Waals surface area contributed by atoms with Gasteiger partial charge in [-0.3, -0.25) is 9.79 Å². The molecule has 0 fully saturated rings. The third-order valence-electron chi connectivity index (χ3n) is 2.74. The number of guanidine groups is 1. The molecule has 0 aliphatic heterocycles. The summed E-state index contributed by atoms with van der Waals surface area (Å²) < 4.78 is 0. The predicted molar refractivity (Wildman–Crippen MR) is 93.5 cm³/mol. The Morgan fingerprint density at radius 3 is 2.40 bits per heavy atom. The molecule has 4 N–H and O–H groups in total. The van der Waals surface area contributed by atoms with Crippen LogP contribution in [0.2, 0.25) is 0 Å².